The van der Waals surface area contributed by atoms with Crippen molar-refractivity contribution in [2.75, 3.05) is 20.2 Å². The third-order valence-electron chi connectivity index (χ3n) is 6.60. The van der Waals surface area contributed by atoms with Crippen LogP contribution in [0.25, 0.3) is 11.3 Å². The van der Waals surface area contributed by atoms with E-state index in [1.54, 1.807) is 12.1 Å². The molecule has 2 heterocycles. The summed E-state index contributed by atoms with van der Waals surface area (Å²) in [5, 5.41) is 11.0. The highest BCUT2D eigenvalue weighted by Gasteiger charge is 2.35. The molecule has 0 saturated heterocycles. The molecule has 9 heteroatoms. The van der Waals surface area contributed by atoms with Gasteiger partial charge in [0.15, 0.2) is 5.43 Å². The lowest BCUT2D eigenvalue weighted by molar-refractivity contribution is -0.139. The molecule has 1 aromatic heterocycles. The highest BCUT2D eigenvalue weighted by Crippen LogP contribution is 2.37. The number of alkyl halides is 3. The highest BCUT2D eigenvalue weighted by molar-refractivity contribution is 5.87. The average molecular weight is 507 g/mol. The summed E-state index contributed by atoms with van der Waals surface area (Å²) < 4.78 is 45.8. The molecule has 2 aromatic rings. The zero-order valence-corrected chi connectivity index (χ0v) is 21.5. The van der Waals surface area contributed by atoms with Crippen molar-refractivity contribution in [2.24, 2.45) is 5.41 Å². The van der Waals surface area contributed by atoms with Crippen molar-refractivity contribution in [2.45, 2.75) is 59.7 Å². The molecule has 3 rings (SSSR count). The Kier molecular flexibility index (Phi) is 7.62. The van der Waals surface area contributed by atoms with Crippen LogP contribution in [0.1, 0.15) is 69.6 Å². The van der Waals surface area contributed by atoms with Crippen LogP contribution in [0.2, 0.25) is 0 Å². The topological polar surface area (TPSA) is 71.8 Å². The van der Waals surface area contributed by atoms with Gasteiger partial charge in [-0.15, -0.1) is 0 Å². The van der Waals surface area contributed by atoms with Crippen LogP contribution >= 0.6 is 0 Å². The molecule has 0 spiro atoms. The first-order chi connectivity index (χ1) is 16.7. The molecule has 0 saturated carbocycles. The van der Waals surface area contributed by atoms with E-state index in [2.05, 4.69) is 0 Å². The van der Waals surface area contributed by atoms with Crippen LogP contribution in [0.4, 0.5) is 13.2 Å². The predicted octanol–water partition coefficient (Wildman–Crippen LogP) is 4.15. The van der Waals surface area contributed by atoms with Crippen molar-refractivity contribution in [1.29, 1.82) is 0 Å². The lowest BCUT2D eigenvalue weighted by atomic mass is 9.84. The van der Waals surface area contributed by atoms with Crippen LogP contribution in [0.5, 0.6) is 5.75 Å². The Labute approximate surface area is 208 Å². The number of aromatic carboxylic acids is 1. The summed E-state index contributed by atoms with van der Waals surface area (Å²) in [6, 6.07) is 6.43. The minimum Gasteiger partial charge on any atom is -0.493 e. The van der Waals surface area contributed by atoms with Gasteiger partial charge in [-0.25, -0.2) is 4.79 Å². The van der Waals surface area contributed by atoms with Gasteiger partial charge in [0.25, 0.3) is 0 Å². The number of likely N-dealkylation sites (N-methyl/N-ethyl adjacent to an activating group) is 1. The monoisotopic (exact) mass is 506 g/mol. The van der Waals surface area contributed by atoms with Crippen molar-refractivity contribution >= 4 is 17.2 Å². The van der Waals surface area contributed by atoms with Gasteiger partial charge in [0, 0.05) is 36.3 Å². The van der Waals surface area contributed by atoms with E-state index < -0.39 is 30.6 Å². The third kappa shape index (κ3) is 5.60. The maximum Gasteiger partial charge on any atom is 0.392 e. The SMILES string of the molecule is CCC(C)=c1c(OCCC(F)(F)F)ccc/c1=C1\c2cc(=O)c(C(=O)O)cn2C(C(C)(C)C)CN1C. The van der Waals surface area contributed by atoms with E-state index in [1.807, 2.05) is 57.2 Å². The summed E-state index contributed by atoms with van der Waals surface area (Å²) in [6.07, 6.45) is -3.35. The molecule has 0 fully saturated rings. The normalized spacial score (nSPS) is 18.6. The molecular formula is C27H33F3N2O4. The summed E-state index contributed by atoms with van der Waals surface area (Å²) in [5.74, 6) is -0.953. The molecule has 0 radical (unpaired) electrons. The maximum absolute atomic E-state index is 12.8. The van der Waals surface area contributed by atoms with E-state index in [0.717, 1.165) is 5.57 Å². The summed E-state index contributed by atoms with van der Waals surface area (Å²) in [7, 11) is 1.90. The van der Waals surface area contributed by atoms with Gasteiger partial charge in [0.2, 0.25) is 0 Å². The number of hydrogen-bond acceptors (Lipinski definition) is 4. The molecule has 6 nitrogen and oxygen atoms in total. The van der Waals surface area contributed by atoms with Crippen LogP contribution in [-0.2, 0) is 0 Å². The van der Waals surface area contributed by atoms with E-state index >= 15 is 0 Å². The first kappa shape index (κ1) is 27.4. The van der Waals surface area contributed by atoms with Crippen molar-refractivity contribution in [3.63, 3.8) is 0 Å². The fourth-order valence-corrected chi connectivity index (χ4v) is 4.57. The van der Waals surface area contributed by atoms with Crippen LogP contribution in [0.3, 0.4) is 0 Å². The molecule has 36 heavy (non-hydrogen) atoms. The first-order valence-corrected chi connectivity index (χ1v) is 11.9. The number of fused-ring (bicyclic) bond motifs is 1. The van der Waals surface area contributed by atoms with E-state index in [4.69, 9.17) is 4.74 Å². The zero-order chi connectivity index (χ0) is 27.0. The molecule has 1 aromatic carbocycles. The van der Waals surface area contributed by atoms with Crippen LogP contribution in [0, 0.1) is 5.41 Å². The molecule has 1 aliphatic heterocycles. The Morgan fingerprint density at radius 3 is 2.44 bits per heavy atom. The summed E-state index contributed by atoms with van der Waals surface area (Å²) >= 11 is 0. The molecule has 0 aliphatic carbocycles. The van der Waals surface area contributed by atoms with E-state index in [0.29, 0.717) is 40.5 Å². The molecular weight excluding hydrogens is 473 g/mol. The minimum atomic E-state index is -4.33. The molecule has 1 atom stereocenters. The van der Waals surface area contributed by atoms with E-state index in [1.165, 1.54) is 12.3 Å². The van der Waals surface area contributed by atoms with Crippen molar-refractivity contribution in [1.82, 2.24) is 9.47 Å². The summed E-state index contributed by atoms with van der Waals surface area (Å²) in [6.45, 7) is 10.0. The maximum atomic E-state index is 12.8. The van der Waals surface area contributed by atoms with Gasteiger partial charge >= 0.3 is 12.1 Å². The Morgan fingerprint density at radius 2 is 1.89 bits per heavy atom. The van der Waals surface area contributed by atoms with Gasteiger partial charge in [-0.05, 0) is 24.8 Å². The van der Waals surface area contributed by atoms with Gasteiger partial charge in [0.1, 0.15) is 11.3 Å². The first-order valence-electron chi connectivity index (χ1n) is 11.9. The minimum absolute atomic E-state index is 0.133. The number of aromatic nitrogens is 1. The molecule has 1 N–H and O–H groups in total. The number of benzene rings is 1. The second-order valence-corrected chi connectivity index (χ2v) is 10.3. The largest absolute Gasteiger partial charge is 0.493 e. The predicted molar refractivity (Wildman–Crippen MR) is 133 cm³/mol. The van der Waals surface area contributed by atoms with Gasteiger partial charge in [-0.2, -0.15) is 13.2 Å². The summed E-state index contributed by atoms with van der Waals surface area (Å²) in [4.78, 5) is 26.6. The van der Waals surface area contributed by atoms with Crippen molar-refractivity contribution in [3.8, 4) is 5.75 Å². The Morgan fingerprint density at radius 1 is 1.22 bits per heavy atom. The lowest BCUT2D eigenvalue weighted by Crippen LogP contribution is -2.46. The van der Waals surface area contributed by atoms with Crippen LogP contribution in [0.15, 0.2) is 35.3 Å². The standard InChI is InChI=1S/C27H33F3N2O4/c1-7-16(2)23-17(9-8-10-21(23)36-12-11-27(28,29)30)24-19-13-20(33)18(25(34)35)14-32(19)22(15-31(24)6)26(3,4)5/h8-10,13-14,22H,7,11-12,15H2,1-6H3,(H,34,35)/b23-16?,24-17-. The number of pyridine rings is 1. The number of carboxylic acid groups (broad SMARTS) is 1. The lowest BCUT2D eigenvalue weighted by Gasteiger charge is -2.43. The van der Waals surface area contributed by atoms with E-state index in [9.17, 15) is 27.9 Å². The fourth-order valence-electron chi connectivity index (χ4n) is 4.57. The number of nitrogens with zero attached hydrogens (tertiary/aromatic N) is 2. The Balaban J connectivity index is 2.40. The van der Waals surface area contributed by atoms with Gasteiger partial charge in [0.05, 0.1) is 30.5 Å². The Hall–Kier alpha value is -3.23. The third-order valence-corrected chi connectivity index (χ3v) is 6.60. The molecule has 1 aliphatic rings. The number of carboxylic acids is 1. The smallest absolute Gasteiger partial charge is 0.392 e. The molecule has 1 unspecified atom stereocenters. The second kappa shape index (κ2) is 10.0. The summed E-state index contributed by atoms with van der Waals surface area (Å²) in [5.41, 5.74) is 0.991. The average Bonchev–Trinajstić information content (AvgIpc) is 2.76. The van der Waals surface area contributed by atoms with Crippen LogP contribution in [-0.4, -0.2) is 46.9 Å². The number of carbonyl (C=O) groups is 1. The number of rotatable bonds is 5. The molecule has 196 valence electrons. The fraction of sp³-hybridized carbons (Fsp3) is 0.481. The molecule has 0 bridgehead atoms. The van der Waals surface area contributed by atoms with E-state index in [-0.39, 0.29) is 17.0 Å². The second-order valence-electron chi connectivity index (χ2n) is 10.3. The number of ether oxygens (including phenoxy) is 1. The van der Waals surface area contributed by atoms with Gasteiger partial charge < -0.3 is 19.3 Å². The highest BCUT2D eigenvalue weighted by atomic mass is 19.4. The van der Waals surface area contributed by atoms with Crippen LogP contribution < -0.4 is 20.6 Å². The molecule has 0 amide bonds. The Bertz CT molecular complexity index is 1340. The zero-order valence-electron chi connectivity index (χ0n) is 21.5. The van der Waals surface area contributed by atoms with Crippen molar-refractivity contribution < 1.29 is 27.8 Å². The number of hydrogen-bond donors (Lipinski definition) is 1. The van der Waals surface area contributed by atoms with Crippen molar-refractivity contribution in [3.05, 3.63) is 62.4 Å². The number of halogens is 3. The quantitative estimate of drug-likeness (QED) is 0.660. The van der Waals surface area contributed by atoms with Gasteiger partial charge in [-0.3, -0.25) is 4.79 Å². The van der Waals surface area contributed by atoms with Gasteiger partial charge in [-0.1, -0.05) is 45.4 Å².